The highest BCUT2D eigenvalue weighted by Gasteiger charge is 2.17. The third-order valence-electron chi connectivity index (χ3n) is 2.74. The van der Waals surface area contributed by atoms with Gasteiger partial charge in [0.05, 0.1) is 4.90 Å². The first-order valence-corrected chi connectivity index (χ1v) is 8.11. The van der Waals surface area contributed by atoms with Crippen molar-refractivity contribution in [3.8, 4) is 0 Å². The van der Waals surface area contributed by atoms with E-state index in [1.165, 1.54) is 11.3 Å². The Labute approximate surface area is 113 Å². The smallest absolute Gasteiger partial charge is 0.241 e. The number of hydrogen-bond acceptors (Lipinski definition) is 5. The number of hydrogen-bond donors (Lipinski definition) is 2. The van der Waals surface area contributed by atoms with Gasteiger partial charge in [-0.1, -0.05) is 0 Å². The van der Waals surface area contributed by atoms with Crippen molar-refractivity contribution in [2.75, 3.05) is 27.7 Å². The molecule has 0 aliphatic carbocycles. The summed E-state index contributed by atoms with van der Waals surface area (Å²) in [6.07, 6.45) is 0. The molecule has 0 aromatic carbocycles. The first-order chi connectivity index (χ1) is 8.36. The topological polar surface area (TPSA) is 61.4 Å². The quantitative estimate of drug-likeness (QED) is 0.776. The fourth-order valence-corrected chi connectivity index (χ4v) is 3.67. The van der Waals surface area contributed by atoms with Crippen LogP contribution >= 0.6 is 11.3 Å². The van der Waals surface area contributed by atoms with Gasteiger partial charge in [0.25, 0.3) is 0 Å². The molecule has 0 spiro atoms. The first kappa shape index (κ1) is 15.6. The van der Waals surface area contributed by atoms with Gasteiger partial charge < -0.3 is 10.2 Å². The average molecular weight is 291 g/mol. The molecule has 0 bridgehead atoms. The normalized spacial score (nSPS) is 14.1. The van der Waals surface area contributed by atoms with E-state index in [1.54, 1.807) is 11.4 Å². The van der Waals surface area contributed by atoms with Gasteiger partial charge in [-0.2, -0.15) is 0 Å². The van der Waals surface area contributed by atoms with Crippen LogP contribution in [-0.2, 0) is 16.6 Å². The summed E-state index contributed by atoms with van der Waals surface area (Å²) in [5, 5.41) is 4.68. The molecule has 1 rings (SSSR count). The lowest BCUT2D eigenvalue weighted by molar-refractivity contribution is 0.314. The summed E-state index contributed by atoms with van der Waals surface area (Å²) in [5.74, 6) is 0. The SMILES string of the molecule is CNCc1cc(S(=O)(=O)NCC(C)N(C)C)cs1. The minimum absolute atomic E-state index is 0.162. The lowest BCUT2D eigenvalue weighted by Gasteiger charge is -2.19. The molecule has 5 nitrogen and oxygen atoms in total. The van der Waals surface area contributed by atoms with E-state index < -0.39 is 10.0 Å². The van der Waals surface area contributed by atoms with E-state index in [-0.39, 0.29) is 6.04 Å². The van der Waals surface area contributed by atoms with Crippen molar-refractivity contribution < 1.29 is 8.42 Å². The molecule has 1 aromatic rings. The van der Waals surface area contributed by atoms with Crippen molar-refractivity contribution in [1.29, 1.82) is 0 Å². The fraction of sp³-hybridized carbons (Fsp3) is 0.636. The van der Waals surface area contributed by atoms with E-state index in [0.717, 1.165) is 4.88 Å². The van der Waals surface area contributed by atoms with Crippen LogP contribution in [0.3, 0.4) is 0 Å². The van der Waals surface area contributed by atoms with Crippen molar-refractivity contribution in [1.82, 2.24) is 14.9 Å². The Bertz CT molecular complexity index is 468. The Hall–Kier alpha value is -0.470. The maximum atomic E-state index is 12.0. The third kappa shape index (κ3) is 4.33. The molecule has 2 N–H and O–H groups in total. The molecule has 0 fully saturated rings. The monoisotopic (exact) mass is 291 g/mol. The zero-order chi connectivity index (χ0) is 13.8. The van der Waals surface area contributed by atoms with Crippen molar-refractivity contribution in [3.63, 3.8) is 0 Å². The number of rotatable bonds is 7. The molecule has 0 amide bonds. The lowest BCUT2D eigenvalue weighted by atomic mass is 10.3. The summed E-state index contributed by atoms with van der Waals surface area (Å²) in [7, 11) is 2.31. The van der Waals surface area contributed by atoms with Crippen molar-refractivity contribution in [2.45, 2.75) is 24.4 Å². The molecule has 0 radical (unpaired) electrons. The van der Waals surface area contributed by atoms with Gasteiger partial charge in [0.15, 0.2) is 0 Å². The van der Waals surface area contributed by atoms with Crippen LogP contribution in [0.4, 0.5) is 0 Å². The van der Waals surface area contributed by atoms with Gasteiger partial charge in [0.2, 0.25) is 10.0 Å². The summed E-state index contributed by atoms with van der Waals surface area (Å²) >= 11 is 1.45. The number of nitrogens with zero attached hydrogens (tertiary/aromatic N) is 1. The van der Waals surface area contributed by atoms with Crippen LogP contribution in [0.1, 0.15) is 11.8 Å². The van der Waals surface area contributed by atoms with Crippen molar-refractivity contribution >= 4 is 21.4 Å². The van der Waals surface area contributed by atoms with Crippen LogP contribution in [0.15, 0.2) is 16.3 Å². The molecule has 1 heterocycles. The van der Waals surface area contributed by atoms with Gasteiger partial charge in [-0.05, 0) is 34.1 Å². The highest BCUT2D eigenvalue weighted by molar-refractivity contribution is 7.89. The summed E-state index contributed by atoms with van der Waals surface area (Å²) in [6.45, 7) is 3.07. The zero-order valence-electron chi connectivity index (χ0n) is 11.2. The largest absolute Gasteiger partial charge is 0.315 e. The maximum Gasteiger partial charge on any atom is 0.241 e. The summed E-state index contributed by atoms with van der Waals surface area (Å²) in [6, 6.07) is 1.87. The summed E-state index contributed by atoms with van der Waals surface area (Å²) in [4.78, 5) is 3.34. The highest BCUT2D eigenvalue weighted by atomic mass is 32.2. The van der Waals surface area contributed by atoms with Gasteiger partial charge >= 0.3 is 0 Å². The second-order valence-corrected chi connectivity index (χ2v) is 7.21. The Kier molecular flexibility index (Phi) is 5.74. The van der Waals surface area contributed by atoms with Crippen LogP contribution in [0.5, 0.6) is 0 Å². The van der Waals surface area contributed by atoms with Crippen LogP contribution in [-0.4, -0.2) is 47.0 Å². The van der Waals surface area contributed by atoms with Gasteiger partial charge in [-0.3, -0.25) is 0 Å². The Balaban J connectivity index is 2.68. The number of nitrogens with one attached hydrogen (secondary N) is 2. The van der Waals surface area contributed by atoms with Crippen LogP contribution < -0.4 is 10.0 Å². The summed E-state index contributed by atoms with van der Waals surface area (Å²) < 4.78 is 26.7. The first-order valence-electron chi connectivity index (χ1n) is 5.75. The zero-order valence-corrected chi connectivity index (χ0v) is 12.9. The molecule has 0 saturated heterocycles. The molecule has 0 saturated carbocycles. The minimum Gasteiger partial charge on any atom is -0.315 e. The lowest BCUT2D eigenvalue weighted by Crippen LogP contribution is -2.38. The molecule has 0 aliphatic rings. The van der Waals surface area contributed by atoms with Crippen LogP contribution in [0, 0.1) is 0 Å². The highest BCUT2D eigenvalue weighted by Crippen LogP contribution is 2.18. The molecular formula is C11H21N3O2S2. The van der Waals surface area contributed by atoms with E-state index in [4.69, 9.17) is 0 Å². The molecule has 7 heteroatoms. The Morgan fingerprint density at radius 3 is 2.67 bits per heavy atom. The molecule has 18 heavy (non-hydrogen) atoms. The molecule has 1 aromatic heterocycles. The summed E-state index contributed by atoms with van der Waals surface area (Å²) in [5.41, 5.74) is 0. The van der Waals surface area contributed by atoms with Gasteiger partial charge in [0.1, 0.15) is 0 Å². The minimum atomic E-state index is -3.38. The van der Waals surface area contributed by atoms with Crippen molar-refractivity contribution in [3.05, 3.63) is 16.3 Å². The Morgan fingerprint density at radius 2 is 2.11 bits per heavy atom. The van der Waals surface area contributed by atoms with Gasteiger partial charge in [-0.25, -0.2) is 13.1 Å². The van der Waals surface area contributed by atoms with E-state index in [1.807, 2.05) is 33.0 Å². The predicted molar refractivity (Wildman–Crippen MR) is 75.4 cm³/mol. The van der Waals surface area contributed by atoms with Gasteiger partial charge in [0, 0.05) is 29.4 Å². The van der Waals surface area contributed by atoms with Crippen LogP contribution in [0.25, 0.3) is 0 Å². The number of thiophene rings is 1. The average Bonchev–Trinajstić information content (AvgIpc) is 2.75. The number of likely N-dealkylation sites (N-methyl/N-ethyl adjacent to an activating group) is 1. The van der Waals surface area contributed by atoms with E-state index in [9.17, 15) is 8.42 Å². The fourth-order valence-electron chi connectivity index (χ4n) is 1.26. The molecule has 104 valence electrons. The second kappa shape index (κ2) is 6.63. The standard InChI is InChI=1S/C11H21N3O2S2/c1-9(14(3)4)6-13-18(15,16)11-5-10(7-12-2)17-8-11/h5,8-9,12-13H,6-7H2,1-4H3. The third-order valence-corrected chi connectivity index (χ3v) is 5.23. The van der Waals surface area contributed by atoms with E-state index >= 15 is 0 Å². The molecule has 1 unspecified atom stereocenters. The van der Waals surface area contributed by atoms with E-state index in [2.05, 4.69) is 10.0 Å². The Morgan fingerprint density at radius 1 is 1.44 bits per heavy atom. The van der Waals surface area contributed by atoms with Gasteiger partial charge in [-0.15, -0.1) is 11.3 Å². The van der Waals surface area contributed by atoms with E-state index in [0.29, 0.717) is 18.0 Å². The van der Waals surface area contributed by atoms with Crippen LogP contribution in [0.2, 0.25) is 0 Å². The number of sulfonamides is 1. The maximum absolute atomic E-state index is 12.0. The molecule has 0 aliphatic heterocycles. The predicted octanol–water partition coefficient (Wildman–Crippen LogP) is 0.696. The second-order valence-electron chi connectivity index (χ2n) is 4.44. The molecule has 1 atom stereocenters. The van der Waals surface area contributed by atoms with Crippen molar-refractivity contribution in [2.24, 2.45) is 0 Å². The molecular weight excluding hydrogens is 270 g/mol.